The van der Waals surface area contributed by atoms with Crippen molar-refractivity contribution in [3.05, 3.63) is 65.2 Å². The molecule has 0 aromatic heterocycles. The van der Waals surface area contributed by atoms with Gasteiger partial charge in [0.2, 0.25) is 0 Å². The molecule has 1 aliphatic rings. The summed E-state index contributed by atoms with van der Waals surface area (Å²) < 4.78 is 6.33. The van der Waals surface area contributed by atoms with Gasteiger partial charge in [0.25, 0.3) is 5.91 Å². The van der Waals surface area contributed by atoms with E-state index >= 15 is 0 Å². The highest BCUT2D eigenvalue weighted by atomic mass is 16.5. The molecule has 6 heteroatoms. The zero-order chi connectivity index (χ0) is 27.1. The lowest BCUT2D eigenvalue weighted by atomic mass is 9.78. The number of phenolic OH excluding ortho intramolecular Hbond substituents is 1. The van der Waals surface area contributed by atoms with Crippen LogP contribution in [0.3, 0.4) is 0 Å². The van der Waals surface area contributed by atoms with Crippen molar-refractivity contribution in [1.82, 2.24) is 0 Å². The number of anilines is 4. The van der Waals surface area contributed by atoms with Crippen LogP contribution in [-0.4, -0.2) is 24.1 Å². The number of amides is 1. The Morgan fingerprint density at radius 2 is 1.22 bits per heavy atom. The molecule has 0 atom stereocenters. The fourth-order valence-electron chi connectivity index (χ4n) is 4.69. The van der Waals surface area contributed by atoms with Gasteiger partial charge in [0.05, 0.1) is 11.4 Å². The molecule has 1 heterocycles. The van der Waals surface area contributed by atoms with E-state index in [1.165, 1.54) is 0 Å². The maximum absolute atomic E-state index is 14.4. The van der Waals surface area contributed by atoms with Gasteiger partial charge in [-0.05, 0) is 61.1 Å². The summed E-state index contributed by atoms with van der Waals surface area (Å²) in [6.07, 6.45) is 0. The first-order valence-electron chi connectivity index (χ1n) is 13.0. The number of fused-ring (bicyclic) bond motifs is 2. The average molecular weight is 502 g/mol. The first-order chi connectivity index (χ1) is 17.3. The highest BCUT2D eigenvalue weighted by Crippen LogP contribution is 2.49. The number of nitrogens with one attached hydrogen (secondary N) is 2. The number of phenols is 1. The zero-order valence-electron chi connectivity index (χ0n) is 23.2. The number of aromatic hydroxyl groups is 1. The number of rotatable bonds is 5. The summed E-state index contributed by atoms with van der Waals surface area (Å²) in [7, 11) is 0. The van der Waals surface area contributed by atoms with Gasteiger partial charge in [-0.3, -0.25) is 9.69 Å². The predicted molar refractivity (Wildman–Crippen MR) is 153 cm³/mol. The van der Waals surface area contributed by atoms with E-state index in [2.05, 4.69) is 10.6 Å². The predicted octanol–water partition coefficient (Wildman–Crippen LogP) is 7.94. The lowest BCUT2D eigenvalue weighted by Gasteiger charge is -2.33. The van der Waals surface area contributed by atoms with Crippen molar-refractivity contribution in [2.24, 2.45) is 0 Å². The van der Waals surface area contributed by atoms with Crippen molar-refractivity contribution in [2.45, 2.75) is 66.2 Å². The quantitative estimate of drug-likeness (QED) is 0.331. The topological polar surface area (TPSA) is 73.8 Å². The number of carbonyl (C=O) groups excluding carboxylic acids is 1. The van der Waals surface area contributed by atoms with Crippen molar-refractivity contribution >= 4 is 28.7 Å². The van der Waals surface area contributed by atoms with E-state index in [1.54, 1.807) is 4.90 Å². The average Bonchev–Trinajstić information content (AvgIpc) is 2.81. The lowest BCUT2D eigenvalue weighted by Crippen LogP contribution is -2.30. The summed E-state index contributed by atoms with van der Waals surface area (Å²) >= 11 is 0. The summed E-state index contributed by atoms with van der Waals surface area (Å²) in [6.45, 7) is 17.9. The number of benzene rings is 3. The van der Waals surface area contributed by atoms with E-state index in [0.29, 0.717) is 28.4 Å². The van der Waals surface area contributed by atoms with Crippen molar-refractivity contribution in [1.29, 1.82) is 0 Å². The first-order valence-corrected chi connectivity index (χ1v) is 13.0. The number of hydrogen-bond acceptors (Lipinski definition) is 5. The number of hydrogen-bond donors (Lipinski definition) is 3. The van der Waals surface area contributed by atoms with E-state index in [1.807, 2.05) is 104 Å². The maximum Gasteiger partial charge on any atom is 0.263 e. The largest absolute Gasteiger partial charge is 0.507 e. The van der Waals surface area contributed by atoms with Crippen molar-refractivity contribution in [2.75, 3.05) is 28.6 Å². The Labute approximate surface area is 220 Å². The van der Waals surface area contributed by atoms with Crippen LogP contribution in [0.4, 0.5) is 22.7 Å². The van der Waals surface area contributed by atoms with E-state index in [0.717, 1.165) is 35.6 Å². The highest BCUT2D eigenvalue weighted by Gasteiger charge is 2.33. The fourth-order valence-corrected chi connectivity index (χ4v) is 4.69. The molecule has 0 radical (unpaired) electrons. The Morgan fingerprint density at radius 1 is 0.784 bits per heavy atom. The van der Waals surface area contributed by atoms with E-state index in [-0.39, 0.29) is 22.5 Å². The molecule has 0 bridgehead atoms. The molecule has 0 unspecified atom stereocenters. The molecule has 1 aliphatic heterocycles. The number of ether oxygens (including phenoxy) is 1. The molecule has 4 rings (SSSR count). The van der Waals surface area contributed by atoms with Gasteiger partial charge in [0.1, 0.15) is 5.75 Å². The third kappa shape index (κ3) is 5.10. The van der Waals surface area contributed by atoms with Gasteiger partial charge in [0.15, 0.2) is 11.5 Å². The van der Waals surface area contributed by atoms with Gasteiger partial charge in [-0.2, -0.15) is 0 Å². The molecule has 0 saturated carbocycles. The number of nitrogens with zero attached hydrogens (tertiary/aromatic N) is 1. The summed E-state index contributed by atoms with van der Waals surface area (Å²) in [5, 5.41) is 17.8. The molecule has 6 nitrogen and oxygen atoms in total. The Kier molecular flexibility index (Phi) is 6.89. The second-order valence-electron chi connectivity index (χ2n) is 11.6. The minimum Gasteiger partial charge on any atom is -0.507 e. The molecule has 3 aromatic rings. The van der Waals surface area contributed by atoms with E-state index in [9.17, 15) is 9.90 Å². The highest BCUT2D eigenvalue weighted by molar-refractivity contribution is 6.13. The Morgan fingerprint density at radius 3 is 1.59 bits per heavy atom. The SMILES string of the molecule is CCNc1ccc2c(c1)Oc1cc(NCC)ccc1N2C(=O)c1cc(C(C)(C)C)c(O)c(C(C)(C)C)c1. The van der Waals surface area contributed by atoms with Gasteiger partial charge in [-0.25, -0.2) is 0 Å². The van der Waals surface area contributed by atoms with Crippen LogP contribution in [0.5, 0.6) is 17.2 Å². The third-order valence-electron chi connectivity index (χ3n) is 6.56. The van der Waals surface area contributed by atoms with Crippen molar-refractivity contribution in [3.8, 4) is 17.2 Å². The van der Waals surface area contributed by atoms with Crippen LogP contribution in [0, 0.1) is 0 Å². The molecular formula is C31H39N3O3. The van der Waals surface area contributed by atoms with Crippen LogP contribution in [0.15, 0.2) is 48.5 Å². The molecule has 0 spiro atoms. The third-order valence-corrected chi connectivity index (χ3v) is 6.56. The molecule has 196 valence electrons. The smallest absolute Gasteiger partial charge is 0.263 e. The summed E-state index contributed by atoms with van der Waals surface area (Å²) in [5.41, 5.74) is 4.55. The Balaban J connectivity index is 1.92. The van der Waals surface area contributed by atoms with Gasteiger partial charge in [-0.1, -0.05) is 41.5 Å². The molecule has 3 N–H and O–H groups in total. The van der Waals surface area contributed by atoms with Crippen LogP contribution in [0.1, 0.15) is 76.9 Å². The standard InChI is InChI=1S/C31H39N3O3/c1-9-32-20-11-13-24-26(17-20)37-27-18-21(33-10-2)12-14-25(27)34(24)29(36)19-15-22(30(3,4)5)28(35)23(16-19)31(6,7)8/h11-18,32-33,35H,9-10H2,1-8H3. The Bertz CT molecular complexity index is 1240. The van der Waals surface area contributed by atoms with E-state index in [4.69, 9.17) is 4.74 Å². The number of carbonyl (C=O) groups is 1. The lowest BCUT2D eigenvalue weighted by molar-refractivity contribution is 0.0997. The molecule has 0 fully saturated rings. The molecule has 0 saturated heterocycles. The van der Waals surface area contributed by atoms with Crippen LogP contribution >= 0.6 is 0 Å². The minimum absolute atomic E-state index is 0.172. The van der Waals surface area contributed by atoms with Gasteiger partial charge in [0, 0.05) is 53.3 Å². The molecule has 3 aromatic carbocycles. The molecule has 37 heavy (non-hydrogen) atoms. The summed E-state index contributed by atoms with van der Waals surface area (Å²) in [5.74, 6) is 1.30. The first kappa shape index (κ1) is 26.4. The second kappa shape index (κ2) is 9.66. The van der Waals surface area contributed by atoms with Crippen molar-refractivity contribution in [3.63, 3.8) is 0 Å². The molecule has 0 aliphatic carbocycles. The van der Waals surface area contributed by atoms with Crippen molar-refractivity contribution < 1.29 is 14.6 Å². The zero-order valence-corrected chi connectivity index (χ0v) is 23.2. The monoisotopic (exact) mass is 501 g/mol. The minimum atomic E-state index is -0.345. The van der Waals surface area contributed by atoms with Crippen LogP contribution < -0.4 is 20.3 Å². The van der Waals surface area contributed by atoms with Gasteiger partial charge in [-0.15, -0.1) is 0 Å². The van der Waals surface area contributed by atoms with Crippen LogP contribution in [0.25, 0.3) is 0 Å². The maximum atomic E-state index is 14.4. The fraction of sp³-hybridized carbons (Fsp3) is 0.387. The molecule has 1 amide bonds. The Hall–Kier alpha value is -3.67. The second-order valence-corrected chi connectivity index (χ2v) is 11.6. The van der Waals surface area contributed by atoms with Crippen LogP contribution in [0.2, 0.25) is 0 Å². The van der Waals surface area contributed by atoms with Gasteiger partial charge < -0.3 is 20.5 Å². The van der Waals surface area contributed by atoms with Gasteiger partial charge >= 0.3 is 0 Å². The normalized spacial score (nSPS) is 12.9. The van der Waals surface area contributed by atoms with Crippen LogP contribution in [-0.2, 0) is 10.8 Å². The van der Waals surface area contributed by atoms with E-state index < -0.39 is 0 Å². The summed E-state index contributed by atoms with van der Waals surface area (Å²) in [6, 6.07) is 15.3. The molecular weight excluding hydrogens is 462 g/mol. The summed E-state index contributed by atoms with van der Waals surface area (Å²) in [4.78, 5) is 16.1.